The van der Waals surface area contributed by atoms with Crippen LogP contribution in [0.25, 0.3) is 0 Å². The van der Waals surface area contributed by atoms with Gasteiger partial charge >= 0.3 is 0 Å². The van der Waals surface area contributed by atoms with Crippen LogP contribution in [0.1, 0.15) is 30.9 Å². The molecule has 9 heteroatoms. The van der Waals surface area contributed by atoms with Gasteiger partial charge in [-0.25, -0.2) is 4.83 Å². The standard InChI is InChI=1S/C17H18ClN3O4S/c1-2-3-4-13-5-8-15(9-6-13)26(24,25)20-19-12-14-7-10-16(18)17(11-14)21(22)23/h5-12,20H,2-4H2,1H3/b19-12-. The Bertz CT molecular complexity index is 912. The highest BCUT2D eigenvalue weighted by molar-refractivity contribution is 7.89. The van der Waals surface area contributed by atoms with Crippen LogP contribution in [0, 0.1) is 10.1 Å². The molecule has 138 valence electrons. The summed E-state index contributed by atoms with van der Waals surface area (Å²) in [5.74, 6) is 0. The van der Waals surface area contributed by atoms with E-state index in [1.807, 2.05) is 0 Å². The van der Waals surface area contributed by atoms with Gasteiger partial charge in [0.05, 0.1) is 16.0 Å². The number of aryl methyl sites for hydroxylation is 1. The first-order chi connectivity index (χ1) is 12.3. The van der Waals surface area contributed by atoms with Crippen molar-refractivity contribution in [3.05, 3.63) is 68.7 Å². The van der Waals surface area contributed by atoms with Gasteiger partial charge in [-0.15, -0.1) is 0 Å². The monoisotopic (exact) mass is 395 g/mol. The third-order valence-electron chi connectivity index (χ3n) is 3.61. The Balaban J connectivity index is 2.09. The number of unbranched alkanes of at least 4 members (excludes halogenated alkanes) is 1. The maximum Gasteiger partial charge on any atom is 0.288 e. The van der Waals surface area contributed by atoms with Gasteiger partial charge in [-0.1, -0.05) is 43.1 Å². The first kappa shape index (κ1) is 19.9. The molecule has 0 aliphatic rings. The average Bonchev–Trinajstić information content (AvgIpc) is 2.61. The topological polar surface area (TPSA) is 102 Å². The quantitative estimate of drug-likeness (QED) is 0.416. The number of nitro benzene ring substituents is 1. The molecule has 0 saturated heterocycles. The summed E-state index contributed by atoms with van der Waals surface area (Å²) in [6.07, 6.45) is 4.19. The summed E-state index contributed by atoms with van der Waals surface area (Å²) >= 11 is 5.72. The maximum absolute atomic E-state index is 12.2. The highest BCUT2D eigenvalue weighted by atomic mass is 35.5. The van der Waals surface area contributed by atoms with E-state index >= 15 is 0 Å². The van der Waals surface area contributed by atoms with Crippen molar-refractivity contribution in [2.75, 3.05) is 0 Å². The number of nitro groups is 1. The van der Waals surface area contributed by atoms with Crippen LogP contribution in [0.3, 0.4) is 0 Å². The minimum Gasteiger partial charge on any atom is -0.258 e. The summed E-state index contributed by atoms with van der Waals surface area (Å²) in [6.45, 7) is 2.09. The summed E-state index contributed by atoms with van der Waals surface area (Å²) in [7, 11) is -3.81. The van der Waals surface area contributed by atoms with E-state index in [-0.39, 0.29) is 15.6 Å². The van der Waals surface area contributed by atoms with Crippen LogP contribution in [0.4, 0.5) is 5.69 Å². The molecule has 7 nitrogen and oxygen atoms in total. The molecule has 0 spiro atoms. The number of hydrogen-bond acceptors (Lipinski definition) is 5. The van der Waals surface area contributed by atoms with Crippen molar-refractivity contribution in [3.8, 4) is 0 Å². The van der Waals surface area contributed by atoms with Crippen molar-refractivity contribution >= 4 is 33.5 Å². The zero-order valence-corrected chi connectivity index (χ0v) is 15.6. The van der Waals surface area contributed by atoms with Crippen molar-refractivity contribution in [2.24, 2.45) is 5.10 Å². The van der Waals surface area contributed by atoms with Gasteiger partial charge in [0.15, 0.2) is 0 Å². The molecule has 2 aromatic carbocycles. The molecule has 0 fully saturated rings. The smallest absolute Gasteiger partial charge is 0.258 e. The zero-order chi connectivity index (χ0) is 19.2. The molecule has 1 N–H and O–H groups in total. The Kier molecular flexibility index (Phi) is 6.70. The second-order valence-electron chi connectivity index (χ2n) is 5.57. The Morgan fingerprint density at radius 3 is 2.54 bits per heavy atom. The number of benzene rings is 2. The van der Waals surface area contributed by atoms with Gasteiger partial charge in [0.1, 0.15) is 5.02 Å². The Labute approximate surface area is 156 Å². The van der Waals surface area contributed by atoms with Gasteiger partial charge in [0.2, 0.25) is 0 Å². The van der Waals surface area contributed by atoms with Gasteiger partial charge < -0.3 is 0 Å². The first-order valence-electron chi connectivity index (χ1n) is 7.91. The molecule has 0 heterocycles. The molecule has 0 atom stereocenters. The second-order valence-corrected chi connectivity index (χ2v) is 7.64. The van der Waals surface area contributed by atoms with Crippen molar-refractivity contribution < 1.29 is 13.3 Å². The predicted octanol–water partition coefficient (Wildman–Crippen LogP) is 3.90. The van der Waals surface area contributed by atoms with E-state index in [0.29, 0.717) is 5.56 Å². The summed E-state index contributed by atoms with van der Waals surface area (Å²) in [6, 6.07) is 10.7. The fourth-order valence-electron chi connectivity index (χ4n) is 2.19. The fraction of sp³-hybridized carbons (Fsp3) is 0.235. The minimum absolute atomic E-state index is 0.00380. The normalized spacial score (nSPS) is 11.6. The molecular weight excluding hydrogens is 378 g/mol. The van der Waals surface area contributed by atoms with Crippen molar-refractivity contribution in [1.82, 2.24) is 4.83 Å². The van der Waals surface area contributed by atoms with E-state index in [4.69, 9.17) is 11.6 Å². The number of rotatable bonds is 8. The Morgan fingerprint density at radius 1 is 1.23 bits per heavy atom. The van der Waals surface area contributed by atoms with Gasteiger partial charge in [-0.2, -0.15) is 13.5 Å². The predicted molar refractivity (Wildman–Crippen MR) is 101 cm³/mol. The summed E-state index contributed by atoms with van der Waals surface area (Å²) in [4.78, 5) is 12.4. The first-order valence-corrected chi connectivity index (χ1v) is 9.77. The lowest BCUT2D eigenvalue weighted by atomic mass is 10.1. The zero-order valence-electron chi connectivity index (χ0n) is 14.1. The summed E-state index contributed by atoms with van der Waals surface area (Å²) < 4.78 is 24.4. The van der Waals surface area contributed by atoms with Gasteiger partial charge in [-0.3, -0.25) is 10.1 Å². The molecule has 0 radical (unpaired) electrons. The average molecular weight is 396 g/mol. The number of nitrogens with one attached hydrogen (secondary N) is 1. The third-order valence-corrected chi connectivity index (χ3v) is 5.16. The largest absolute Gasteiger partial charge is 0.288 e. The van der Waals surface area contributed by atoms with E-state index in [0.717, 1.165) is 24.8 Å². The van der Waals surface area contributed by atoms with Gasteiger partial charge in [0, 0.05) is 11.6 Å². The van der Waals surface area contributed by atoms with E-state index < -0.39 is 14.9 Å². The number of halogens is 1. The van der Waals surface area contributed by atoms with Gasteiger partial charge in [0.25, 0.3) is 15.7 Å². The highest BCUT2D eigenvalue weighted by Crippen LogP contribution is 2.24. The minimum atomic E-state index is -3.81. The summed E-state index contributed by atoms with van der Waals surface area (Å²) in [5, 5.41) is 14.5. The van der Waals surface area contributed by atoms with Crippen LogP contribution >= 0.6 is 11.6 Å². The molecule has 26 heavy (non-hydrogen) atoms. The van der Waals surface area contributed by atoms with Crippen LogP contribution in [0.5, 0.6) is 0 Å². The van der Waals surface area contributed by atoms with Crippen molar-refractivity contribution in [1.29, 1.82) is 0 Å². The number of hydrogen-bond donors (Lipinski definition) is 1. The number of hydrazone groups is 1. The maximum atomic E-state index is 12.2. The molecule has 0 unspecified atom stereocenters. The molecule has 0 aliphatic heterocycles. The SMILES string of the molecule is CCCCc1ccc(S(=O)(=O)N/N=C\c2ccc(Cl)c([N+](=O)[O-])c2)cc1. The van der Waals surface area contributed by atoms with E-state index in [9.17, 15) is 18.5 Å². The Morgan fingerprint density at radius 2 is 1.92 bits per heavy atom. The summed E-state index contributed by atoms with van der Waals surface area (Å²) in [5.41, 5.74) is 1.14. The number of nitrogens with zero attached hydrogens (tertiary/aromatic N) is 2. The van der Waals surface area contributed by atoms with Crippen LogP contribution in [-0.4, -0.2) is 19.6 Å². The lowest BCUT2D eigenvalue weighted by Gasteiger charge is -2.05. The molecule has 2 rings (SSSR count). The fourth-order valence-corrected chi connectivity index (χ4v) is 3.17. The lowest BCUT2D eigenvalue weighted by Crippen LogP contribution is -2.18. The van der Waals surface area contributed by atoms with E-state index in [2.05, 4.69) is 16.9 Å². The molecule has 0 saturated carbocycles. The van der Waals surface area contributed by atoms with Gasteiger partial charge in [-0.05, 0) is 36.6 Å². The van der Waals surface area contributed by atoms with E-state index in [1.165, 1.54) is 36.5 Å². The van der Waals surface area contributed by atoms with Crippen LogP contribution in [0.2, 0.25) is 5.02 Å². The van der Waals surface area contributed by atoms with Crippen molar-refractivity contribution in [2.45, 2.75) is 31.1 Å². The molecule has 0 aliphatic carbocycles. The molecule has 2 aromatic rings. The second kappa shape index (κ2) is 8.77. The number of sulfonamides is 1. The lowest BCUT2D eigenvalue weighted by molar-refractivity contribution is -0.384. The molecule has 0 amide bonds. The van der Waals surface area contributed by atoms with Crippen LogP contribution in [0.15, 0.2) is 52.5 Å². The third kappa shape index (κ3) is 5.27. The molecular formula is C17H18ClN3O4S. The van der Waals surface area contributed by atoms with Crippen LogP contribution < -0.4 is 4.83 Å². The highest BCUT2D eigenvalue weighted by Gasteiger charge is 2.14. The Hall–Kier alpha value is -2.45. The van der Waals surface area contributed by atoms with E-state index in [1.54, 1.807) is 12.1 Å². The van der Waals surface area contributed by atoms with Crippen LogP contribution in [-0.2, 0) is 16.4 Å². The van der Waals surface area contributed by atoms with Crippen molar-refractivity contribution in [3.63, 3.8) is 0 Å². The molecule has 0 bridgehead atoms. The molecule has 0 aromatic heterocycles.